The van der Waals surface area contributed by atoms with Gasteiger partial charge in [-0.05, 0) is 36.8 Å². The fourth-order valence-corrected chi connectivity index (χ4v) is 3.07. The Hall–Kier alpha value is -2.20. The second kappa shape index (κ2) is 6.06. The largest absolute Gasteiger partial charge is 0.494 e. The predicted molar refractivity (Wildman–Crippen MR) is 86.5 cm³/mol. The number of thioether (sulfide) groups is 1. The molecule has 1 aliphatic rings. The number of benzene rings is 2. The van der Waals surface area contributed by atoms with Crippen molar-refractivity contribution in [2.75, 3.05) is 11.9 Å². The zero-order chi connectivity index (χ0) is 14.7. The third-order valence-corrected chi connectivity index (χ3v) is 4.13. The fourth-order valence-electron chi connectivity index (χ4n) is 2.09. The Kier molecular flexibility index (Phi) is 3.97. The number of ether oxygens (including phenoxy) is 1. The molecule has 1 aliphatic heterocycles. The normalized spacial score (nSPS) is 15.5. The molecule has 1 N–H and O–H groups in total. The number of nitrogens with one attached hydrogen (secondary N) is 1. The van der Waals surface area contributed by atoms with Crippen LogP contribution < -0.4 is 10.1 Å². The molecule has 106 valence electrons. The van der Waals surface area contributed by atoms with Crippen molar-refractivity contribution in [3.8, 4) is 5.75 Å². The number of anilines is 1. The average molecular weight is 297 g/mol. The lowest BCUT2D eigenvalue weighted by molar-refractivity contribution is -0.112. The lowest BCUT2D eigenvalue weighted by Gasteiger charge is -2.19. The molecule has 1 heterocycles. The van der Waals surface area contributed by atoms with Crippen molar-refractivity contribution in [3.05, 3.63) is 59.0 Å². The smallest absolute Gasteiger partial charge is 0.262 e. The molecule has 3 nitrogen and oxygen atoms in total. The minimum Gasteiger partial charge on any atom is -0.494 e. The lowest BCUT2D eigenvalue weighted by Crippen LogP contribution is -2.17. The van der Waals surface area contributed by atoms with Gasteiger partial charge in [-0.2, -0.15) is 0 Å². The van der Waals surface area contributed by atoms with Gasteiger partial charge in [-0.15, -0.1) is 0 Å². The molecule has 3 rings (SSSR count). The molecule has 0 unspecified atom stereocenters. The summed E-state index contributed by atoms with van der Waals surface area (Å²) in [6.07, 6.45) is 1.90. The van der Waals surface area contributed by atoms with Gasteiger partial charge in [-0.3, -0.25) is 4.79 Å². The van der Waals surface area contributed by atoms with Crippen LogP contribution in [0.25, 0.3) is 6.08 Å². The van der Waals surface area contributed by atoms with Crippen LogP contribution in [-0.2, 0) is 4.79 Å². The number of hydrogen-bond acceptors (Lipinski definition) is 3. The first-order valence-corrected chi connectivity index (χ1v) is 7.60. The Morgan fingerprint density at radius 2 is 2.00 bits per heavy atom. The van der Waals surface area contributed by atoms with Crippen LogP contribution in [0, 0.1) is 0 Å². The van der Waals surface area contributed by atoms with Crippen molar-refractivity contribution in [2.24, 2.45) is 0 Å². The highest BCUT2D eigenvalue weighted by Crippen LogP contribution is 2.40. The van der Waals surface area contributed by atoms with Crippen LogP contribution in [-0.4, -0.2) is 12.5 Å². The molecule has 0 saturated heterocycles. The van der Waals surface area contributed by atoms with E-state index in [1.807, 2.05) is 61.5 Å². The second-order valence-corrected chi connectivity index (χ2v) is 5.65. The second-order valence-electron chi connectivity index (χ2n) is 4.57. The highest BCUT2D eigenvalue weighted by molar-refractivity contribution is 8.04. The van der Waals surface area contributed by atoms with Crippen LogP contribution in [0.3, 0.4) is 0 Å². The van der Waals surface area contributed by atoms with Crippen molar-refractivity contribution in [1.82, 2.24) is 0 Å². The molecule has 0 aliphatic carbocycles. The summed E-state index contributed by atoms with van der Waals surface area (Å²) in [5.41, 5.74) is 1.85. The summed E-state index contributed by atoms with van der Waals surface area (Å²) in [5.74, 6) is 0.750. The van der Waals surface area contributed by atoms with E-state index in [-0.39, 0.29) is 5.91 Å². The quantitative estimate of drug-likeness (QED) is 0.864. The number of rotatable bonds is 3. The van der Waals surface area contributed by atoms with E-state index in [2.05, 4.69) is 5.32 Å². The maximum atomic E-state index is 12.1. The first-order valence-electron chi connectivity index (χ1n) is 6.79. The highest BCUT2D eigenvalue weighted by Gasteiger charge is 2.21. The van der Waals surface area contributed by atoms with Crippen molar-refractivity contribution < 1.29 is 9.53 Å². The van der Waals surface area contributed by atoms with E-state index in [1.165, 1.54) is 11.8 Å². The molecule has 0 saturated carbocycles. The Morgan fingerprint density at radius 3 is 2.76 bits per heavy atom. The highest BCUT2D eigenvalue weighted by atomic mass is 32.2. The summed E-state index contributed by atoms with van der Waals surface area (Å²) in [5, 5.41) is 2.92. The maximum Gasteiger partial charge on any atom is 0.262 e. The Morgan fingerprint density at radius 1 is 1.19 bits per heavy atom. The lowest BCUT2D eigenvalue weighted by atomic mass is 10.2. The van der Waals surface area contributed by atoms with Gasteiger partial charge in [-0.1, -0.05) is 42.1 Å². The van der Waals surface area contributed by atoms with Gasteiger partial charge < -0.3 is 10.1 Å². The van der Waals surface area contributed by atoms with Crippen LogP contribution >= 0.6 is 11.8 Å². The van der Waals surface area contributed by atoms with Crippen LogP contribution in [0.15, 0.2) is 58.3 Å². The van der Waals surface area contributed by atoms with Crippen molar-refractivity contribution in [1.29, 1.82) is 0 Å². The summed E-state index contributed by atoms with van der Waals surface area (Å²) in [6, 6.07) is 15.5. The summed E-state index contributed by atoms with van der Waals surface area (Å²) >= 11 is 1.47. The van der Waals surface area contributed by atoms with E-state index in [9.17, 15) is 4.79 Å². The minimum atomic E-state index is -0.0690. The van der Waals surface area contributed by atoms with Gasteiger partial charge in [0.25, 0.3) is 5.91 Å². The summed E-state index contributed by atoms with van der Waals surface area (Å²) in [6.45, 7) is 2.58. The van der Waals surface area contributed by atoms with Crippen molar-refractivity contribution >= 4 is 29.4 Å². The third-order valence-electron chi connectivity index (χ3n) is 3.05. The van der Waals surface area contributed by atoms with E-state index < -0.39 is 0 Å². The summed E-state index contributed by atoms with van der Waals surface area (Å²) in [4.78, 5) is 13.8. The molecule has 0 radical (unpaired) electrons. The maximum absolute atomic E-state index is 12.1. The van der Waals surface area contributed by atoms with Gasteiger partial charge in [0.05, 0.1) is 17.2 Å². The first kappa shape index (κ1) is 13.8. The van der Waals surface area contributed by atoms with E-state index in [1.54, 1.807) is 0 Å². The van der Waals surface area contributed by atoms with E-state index in [4.69, 9.17) is 4.74 Å². The predicted octanol–water partition coefficient (Wildman–Crippen LogP) is 4.17. The molecule has 2 aromatic carbocycles. The number of carbonyl (C=O) groups is 1. The number of fused-ring (bicyclic) bond motifs is 1. The standard InChI is InChI=1S/C17H15NO2S/c1-2-20-13-8-9-14-15(11-13)21-16(17(19)18-14)10-12-6-4-3-5-7-12/h3-11H,2H2,1H3,(H,18,19). The fraction of sp³-hybridized carbons (Fsp3) is 0.118. The van der Waals surface area contributed by atoms with Gasteiger partial charge in [0.2, 0.25) is 0 Å². The van der Waals surface area contributed by atoms with Crippen LogP contribution in [0.1, 0.15) is 12.5 Å². The Labute approximate surface area is 128 Å². The molecule has 0 bridgehead atoms. The number of hydrogen-bond donors (Lipinski definition) is 1. The zero-order valence-electron chi connectivity index (χ0n) is 11.6. The molecule has 4 heteroatoms. The monoisotopic (exact) mass is 297 g/mol. The van der Waals surface area contributed by atoms with Gasteiger partial charge in [0, 0.05) is 4.90 Å². The average Bonchev–Trinajstić information content (AvgIpc) is 2.50. The van der Waals surface area contributed by atoms with Gasteiger partial charge >= 0.3 is 0 Å². The van der Waals surface area contributed by atoms with Crippen LogP contribution in [0.4, 0.5) is 5.69 Å². The molecule has 0 spiro atoms. The summed E-state index contributed by atoms with van der Waals surface area (Å²) < 4.78 is 5.51. The van der Waals surface area contributed by atoms with Crippen LogP contribution in [0.2, 0.25) is 0 Å². The molecule has 0 aromatic heterocycles. The summed E-state index contributed by atoms with van der Waals surface area (Å²) in [7, 11) is 0. The molecule has 0 atom stereocenters. The van der Waals surface area contributed by atoms with Gasteiger partial charge in [0.15, 0.2) is 0 Å². The molecule has 1 amide bonds. The molecule has 21 heavy (non-hydrogen) atoms. The molecular weight excluding hydrogens is 282 g/mol. The van der Waals surface area contributed by atoms with E-state index >= 15 is 0 Å². The van der Waals surface area contributed by atoms with Crippen molar-refractivity contribution in [2.45, 2.75) is 11.8 Å². The topological polar surface area (TPSA) is 38.3 Å². The Bertz CT molecular complexity index is 695. The minimum absolute atomic E-state index is 0.0690. The molecule has 2 aromatic rings. The van der Waals surface area contributed by atoms with Gasteiger partial charge in [-0.25, -0.2) is 0 Å². The van der Waals surface area contributed by atoms with E-state index in [0.29, 0.717) is 11.5 Å². The first-order chi connectivity index (χ1) is 10.3. The van der Waals surface area contributed by atoms with Crippen molar-refractivity contribution in [3.63, 3.8) is 0 Å². The number of amides is 1. The Balaban J connectivity index is 1.91. The van der Waals surface area contributed by atoms with Crippen LogP contribution in [0.5, 0.6) is 5.75 Å². The zero-order valence-corrected chi connectivity index (χ0v) is 12.4. The third kappa shape index (κ3) is 3.11. The van der Waals surface area contributed by atoms with Gasteiger partial charge in [0.1, 0.15) is 5.75 Å². The van der Waals surface area contributed by atoms with E-state index in [0.717, 1.165) is 21.9 Å². The molecular formula is C17H15NO2S. The molecule has 0 fully saturated rings. The number of carbonyl (C=O) groups excluding carboxylic acids is 1. The SMILES string of the molecule is CCOc1ccc2c(c1)SC(=Cc1ccccc1)C(=O)N2.